The molecule has 3 nitrogen and oxygen atoms in total. The number of aromatic nitrogens is 2. The lowest BCUT2D eigenvalue weighted by Gasteiger charge is -2.24. The maximum absolute atomic E-state index is 6.05. The summed E-state index contributed by atoms with van der Waals surface area (Å²) < 4.78 is 6.05. The van der Waals surface area contributed by atoms with Gasteiger partial charge in [-0.05, 0) is 43.2 Å². The molecule has 0 saturated heterocycles. The monoisotopic (exact) mass is 284 g/mol. The van der Waals surface area contributed by atoms with Gasteiger partial charge in [-0.3, -0.25) is 0 Å². The van der Waals surface area contributed by atoms with Gasteiger partial charge in [0.1, 0.15) is 5.75 Å². The Labute approximate surface area is 126 Å². The van der Waals surface area contributed by atoms with Gasteiger partial charge >= 0.3 is 0 Å². The third kappa shape index (κ3) is 3.87. The number of nitrogens with one attached hydrogen (secondary N) is 1. The molecule has 1 N–H and O–H groups in total. The maximum Gasteiger partial charge on any atom is 0.122 e. The summed E-state index contributed by atoms with van der Waals surface area (Å²) in [5, 5.41) is 0. The fourth-order valence-electron chi connectivity index (χ4n) is 3.23. The molecule has 0 bridgehead atoms. The SMILES string of the molecule is c1ccc(C2CCCCC2)c(OCCCc2cnc[nH]2)c1. The van der Waals surface area contributed by atoms with Crippen LogP contribution in [0.4, 0.5) is 0 Å². The van der Waals surface area contributed by atoms with E-state index in [9.17, 15) is 0 Å². The van der Waals surface area contributed by atoms with Gasteiger partial charge in [0.25, 0.3) is 0 Å². The van der Waals surface area contributed by atoms with Gasteiger partial charge in [-0.1, -0.05) is 37.5 Å². The molecule has 112 valence electrons. The highest BCUT2D eigenvalue weighted by molar-refractivity contribution is 5.36. The third-order valence-corrected chi connectivity index (χ3v) is 4.37. The number of aryl methyl sites for hydroxylation is 1. The Bertz CT molecular complexity index is 530. The summed E-state index contributed by atoms with van der Waals surface area (Å²) in [7, 11) is 0. The van der Waals surface area contributed by atoms with Crippen LogP contribution in [0.5, 0.6) is 5.75 Å². The van der Waals surface area contributed by atoms with Crippen molar-refractivity contribution >= 4 is 0 Å². The Kier molecular flexibility index (Phi) is 4.93. The highest BCUT2D eigenvalue weighted by Gasteiger charge is 2.18. The van der Waals surface area contributed by atoms with Gasteiger partial charge in [-0.15, -0.1) is 0 Å². The molecular formula is C18H24N2O. The largest absolute Gasteiger partial charge is 0.493 e. The average Bonchev–Trinajstić information content (AvgIpc) is 3.06. The van der Waals surface area contributed by atoms with Gasteiger partial charge < -0.3 is 9.72 Å². The second-order valence-electron chi connectivity index (χ2n) is 5.90. The summed E-state index contributed by atoms with van der Waals surface area (Å²) in [5.74, 6) is 1.79. The minimum Gasteiger partial charge on any atom is -0.493 e. The smallest absolute Gasteiger partial charge is 0.122 e. The summed E-state index contributed by atoms with van der Waals surface area (Å²) in [6.07, 6.45) is 12.4. The zero-order valence-electron chi connectivity index (χ0n) is 12.6. The Morgan fingerprint density at radius 1 is 1.14 bits per heavy atom. The van der Waals surface area contributed by atoms with E-state index in [1.165, 1.54) is 43.4 Å². The van der Waals surface area contributed by atoms with E-state index in [1.54, 1.807) is 6.33 Å². The third-order valence-electron chi connectivity index (χ3n) is 4.37. The van der Waals surface area contributed by atoms with Crippen molar-refractivity contribution in [1.29, 1.82) is 0 Å². The second kappa shape index (κ2) is 7.30. The minimum atomic E-state index is 0.697. The van der Waals surface area contributed by atoms with Gasteiger partial charge in [-0.25, -0.2) is 4.98 Å². The number of imidazole rings is 1. The lowest BCUT2D eigenvalue weighted by Crippen LogP contribution is -2.08. The summed E-state index contributed by atoms with van der Waals surface area (Å²) in [6.45, 7) is 0.767. The number of hydrogen-bond acceptors (Lipinski definition) is 2. The van der Waals surface area contributed by atoms with Crippen LogP contribution >= 0.6 is 0 Å². The minimum absolute atomic E-state index is 0.697. The first-order valence-corrected chi connectivity index (χ1v) is 8.12. The van der Waals surface area contributed by atoms with Crippen molar-refractivity contribution in [2.24, 2.45) is 0 Å². The molecule has 3 heteroatoms. The summed E-state index contributed by atoms with van der Waals surface area (Å²) in [6, 6.07) is 8.60. The van der Waals surface area contributed by atoms with E-state index in [0.717, 1.165) is 25.2 Å². The molecule has 1 fully saturated rings. The Hall–Kier alpha value is -1.77. The van der Waals surface area contributed by atoms with Crippen LogP contribution in [0, 0.1) is 0 Å². The van der Waals surface area contributed by atoms with Crippen molar-refractivity contribution in [2.45, 2.75) is 50.9 Å². The normalized spacial score (nSPS) is 16.0. The number of hydrogen-bond donors (Lipinski definition) is 1. The standard InChI is InChI=1S/C18H24N2O/c1-2-7-15(8-3-1)17-10-4-5-11-18(17)21-12-6-9-16-13-19-14-20-16/h4-5,10-11,13-15H,1-3,6-9,12H2,(H,19,20). The first-order valence-electron chi connectivity index (χ1n) is 8.12. The van der Waals surface area contributed by atoms with Crippen molar-refractivity contribution in [3.05, 3.63) is 48.0 Å². The topological polar surface area (TPSA) is 37.9 Å². The van der Waals surface area contributed by atoms with Crippen LogP contribution in [0.1, 0.15) is 55.7 Å². The van der Waals surface area contributed by atoms with E-state index in [0.29, 0.717) is 5.92 Å². The molecule has 21 heavy (non-hydrogen) atoms. The molecule has 0 aliphatic heterocycles. The fourth-order valence-corrected chi connectivity index (χ4v) is 3.23. The van der Waals surface area contributed by atoms with Gasteiger partial charge in [-0.2, -0.15) is 0 Å². The number of para-hydroxylation sites is 1. The number of aromatic amines is 1. The fraction of sp³-hybridized carbons (Fsp3) is 0.500. The van der Waals surface area contributed by atoms with Gasteiger partial charge in [0, 0.05) is 11.9 Å². The number of ether oxygens (including phenoxy) is 1. The lowest BCUT2D eigenvalue weighted by molar-refractivity contribution is 0.301. The van der Waals surface area contributed by atoms with E-state index in [4.69, 9.17) is 4.74 Å². The quantitative estimate of drug-likeness (QED) is 0.795. The molecule has 2 aromatic rings. The van der Waals surface area contributed by atoms with Crippen molar-refractivity contribution < 1.29 is 4.74 Å². The van der Waals surface area contributed by atoms with E-state index in [1.807, 2.05) is 6.20 Å². The zero-order valence-corrected chi connectivity index (χ0v) is 12.6. The van der Waals surface area contributed by atoms with E-state index < -0.39 is 0 Å². The van der Waals surface area contributed by atoms with Gasteiger partial charge in [0.05, 0.1) is 12.9 Å². The lowest BCUT2D eigenvalue weighted by atomic mass is 9.84. The van der Waals surface area contributed by atoms with Gasteiger partial charge in [0.2, 0.25) is 0 Å². The Balaban J connectivity index is 1.54. The van der Waals surface area contributed by atoms with Crippen LogP contribution in [0.15, 0.2) is 36.8 Å². The van der Waals surface area contributed by atoms with Crippen LogP contribution < -0.4 is 4.74 Å². The van der Waals surface area contributed by atoms with E-state index in [-0.39, 0.29) is 0 Å². The van der Waals surface area contributed by atoms with E-state index in [2.05, 4.69) is 34.2 Å². The Morgan fingerprint density at radius 3 is 2.81 bits per heavy atom. The van der Waals surface area contributed by atoms with Crippen molar-refractivity contribution in [2.75, 3.05) is 6.61 Å². The molecule has 0 amide bonds. The Morgan fingerprint density at radius 2 is 2.00 bits per heavy atom. The highest BCUT2D eigenvalue weighted by atomic mass is 16.5. The number of H-pyrrole nitrogens is 1. The molecule has 0 radical (unpaired) electrons. The molecule has 0 unspecified atom stereocenters. The zero-order chi connectivity index (χ0) is 14.3. The molecule has 1 saturated carbocycles. The molecule has 3 rings (SSSR count). The molecular weight excluding hydrogens is 260 g/mol. The van der Waals surface area contributed by atoms with Crippen LogP contribution in [-0.2, 0) is 6.42 Å². The summed E-state index contributed by atoms with van der Waals surface area (Å²) in [4.78, 5) is 7.17. The summed E-state index contributed by atoms with van der Waals surface area (Å²) in [5.41, 5.74) is 2.60. The maximum atomic E-state index is 6.05. The predicted octanol–water partition coefficient (Wildman–Crippen LogP) is 4.47. The van der Waals surface area contributed by atoms with Crippen LogP contribution in [0.3, 0.4) is 0 Å². The molecule has 1 aromatic carbocycles. The molecule has 0 spiro atoms. The van der Waals surface area contributed by atoms with Crippen LogP contribution in [0.2, 0.25) is 0 Å². The van der Waals surface area contributed by atoms with Crippen LogP contribution in [0.25, 0.3) is 0 Å². The van der Waals surface area contributed by atoms with Crippen molar-refractivity contribution in [1.82, 2.24) is 9.97 Å². The molecule has 1 aromatic heterocycles. The number of rotatable bonds is 6. The molecule has 1 aliphatic carbocycles. The average molecular weight is 284 g/mol. The second-order valence-corrected chi connectivity index (χ2v) is 5.90. The first kappa shape index (κ1) is 14.2. The number of nitrogens with zero attached hydrogens (tertiary/aromatic N) is 1. The molecule has 1 aliphatic rings. The molecule has 0 atom stereocenters. The van der Waals surface area contributed by atoms with Crippen LogP contribution in [-0.4, -0.2) is 16.6 Å². The number of benzene rings is 1. The summed E-state index contributed by atoms with van der Waals surface area (Å²) >= 11 is 0. The van der Waals surface area contributed by atoms with Gasteiger partial charge in [0.15, 0.2) is 0 Å². The van der Waals surface area contributed by atoms with Crippen molar-refractivity contribution in [3.8, 4) is 5.75 Å². The van der Waals surface area contributed by atoms with E-state index >= 15 is 0 Å². The molecule has 1 heterocycles. The highest BCUT2D eigenvalue weighted by Crippen LogP contribution is 2.37. The van der Waals surface area contributed by atoms with Crippen molar-refractivity contribution in [3.63, 3.8) is 0 Å². The first-order chi connectivity index (χ1) is 10.4. The predicted molar refractivity (Wildman–Crippen MR) is 84.7 cm³/mol.